The monoisotopic (exact) mass is 561 g/mol. The van der Waals surface area contributed by atoms with Gasteiger partial charge in [0.1, 0.15) is 18.1 Å². The number of rotatable bonds is 16. The van der Waals surface area contributed by atoms with Gasteiger partial charge in [-0.3, -0.25) is 24.0 Å². The molecule has 0 saturated carbocycles. The van der Waals surface area contributed by atoms with Crippen LogP contribution in [0, 0.1) is 5.92 Å². The van der Waals surface area contributed by atoms with Crippen molar-refractivity contribution in [2.45, 2.75) is 70.1 Å². The second kappa shape index (κ2) is 14.6. The van der Waals surface area contributed by atoms with E-state index in [1.807, 2.05) is 37.4 Å². The van der Waals surface area contributed by atoms with Gasteiger partial charge in [0.05, 0.1) is 12.5 Å². The minimum Gasteiger partial charge on any atom is -0.481 e. The number of aliphatic carboxylic acids is 3. The molecular formula is C26H35N5O9. The number of benzene rings is 1. The minimum atomic E-state index is -1.81. The molecule has 0 aliphatic heterocycles. The molecule has 0 saturated heterocycles. The van der Waals surface area contributed by atoms with Crippen LogP contribution in [0.2, 0.25) is 0 Å². The number of aromatic nitrogens is 1. The summed E-state index contributed by atoms with van der Waals surface area (Å²) in [5, 5.41) is 35.1. The van der Waals surface area contributed by atoms with Crippen molar-refractivity contribution < 1.29 is 44.1 Å². The molecular weight excluding hydrogens is 526 g/mol. The Hall–Kier alpha value is -4.46. The number of hydrogen-bond donors (Lipinski definition) is 8. The highest BCUT2D eigenvalue weighted by molar-refractivity contribution is 5.95. The van der Waals surface area contributed by atoms with Crippen LogP contribution in [0.15, 0.2) is 30.5 Å². The van der Waals surface area contributed by atoms with E-state index in [9.17, 15) is 33.9 Å². The predicted molar refractivity (Wildman–Crippen MR) is 142 cm³/mol. The van der Waals surface area contributed by atoms with Gasteiger partial charge in [-0.2, -0.15) is 0 Å². The van der Waals surface area contributed by atoms with Gasteiger partial charge in [0.25, 0.3) is 0 Å². The SMILES string of the molecule is CC(C)CC(N)C(=O)NC(Cc1c[nH]c2ccccc12)C(=O)NC(CCC(=O)O)C(=O)NC(CC(=O)O)C(=O)O. The average molecular weight is 562 g/mol. The second-order valence-corrected chi connectivity index (χ2v) is 9.85. The normalized spacial score (nSPS) is 14.1. The van der Waals surface area contributed by atoms with Crippen molar-refractivity contribution in [3.63, 3.8) is 0 Å². The third-order valence-electron chi connectivity index (χ3n) is 6.07. The van der Waals surface area contributed by atoms with Crippen molar-refractivity contribution in [1.29, 1.82) is 0 Å². The number of carbonyl (C=O) groups excluding carboxylic acids is 3. The lowest BCUT2D eigenvalue weighted by molar-refractivity contribution is -0.147. The van der Waals surface area contributed by atoms with Crippen LogP contribution in [0.5, 0.6) is 0 Å². The number of amides is 3. The Morgan fingerprint density at radius 1 is 0.850 bits per heavy atom. The van der Waals surface area contributed by atoms with Crippen LogP contribution >= 0.6 is 0 Å². The van der Waals surface area contributed by atoms with E-state index in [2.05, 4.69) is 15.6 Å². The van der Waals surface area contributed by atoms with Gasteiger partial charge in [0.2, 0.25) is 17.7 Å². The summed E-state index contributed by atoms with van der Waals surface area (Å²) in [7, 11) is 0. The third-order valence-corrected chi connectivity index (χ3v) is 6.07. The summed E-state index contributed by atoms with van der Waals surface area (Å²) in [4.78, 5) is 75.8. The van der Waals surface area contributed by atoms with Gasteiger partial charge in [-0.25, -0.2) is 4.79 Å². The summed E-state index contributed by atoms with van der Waals surface area (Å²) >= 11 is 0. The molecule has 0 fully saturated rings. The standard InChI is InChI=1S/C26H35N5O9/c1-13(2)9-16(27)23(36)30-19(10-14-12-28-17-6-4-3-5-15(14)17)25(38)29-18(7-8-21(32)33)24(37)31-20(26(39)40)11-22(34)35/h3-6,12-13,16,18-20,28H,7-11,27H2,1-2H3,(H,29,38)(H,30,36)(H,31,37)(H,32,33)(H,34,35)(H,39,40). The van der Waals surface area contributed by atoms with Crippen molar-refractivity contribution in [3.05, 3.63) is 36.0 Å². The maximum atomic E-state index is 13.4. The summed E-state index contributed by atoms with van der Waals surface area (Å²) < 4.78 is 0. The number of hydrogen-bond acceptors (Lipinski definition) is 7. The van der Waals surface area contributed by atoms with E-state index in [1.165, 1.54) is 0 Å². The topological polar surface area (TPSA) is 241 Å². The smallest absolute Gasteiger partial charge is 0.326 e. The van der Waals surface area contributed by atoms with Crippen LogP contribution in [-0.4, -0.2) is 80.1 Å². The van der Waals surface area contributed by atoms with Crippen molar-refractivity contribution in [2.24, 2.45) is 11.7 Å². The van der Waals surface area contributed by atoms with E-state index < -0.39 is 79.1 Å². The predicted octanol–water partition coefficient (Wildman–Crippen LogP) is -0.0377. The Balaban J connectivity index is 2.32. The summed E-state index contributed by atoms with van der Waals surface area (Å²) in [5.74, 6) is -6.83. The number of fused-ring (bicyclic) bond motifs is 1. The Kier molecular flexibility index (Phi) is 11.6. The number of carboxylic acid groups (broad SMARTS) is 3. The highest BCUT2D eigenvalue weighted by Crippen LogP contribution is 2.19. The third kappa shape index (κ3) is 9.69. The van der Waals surface area contributed by atoms with Crippen molar-refractivity contribution >= 4 is 46.5 Å². The maximum absolute atomic E-state index is 13.4. The largest absolute Gasteiger partial charge is 0.481 e. The molecule has 0 bridgehead atoms. The highest BCUT2D eigenvalue weighted by atomic mass is 16.4. The van der Waals surface area contributed by atoms with Crippen molar-refractivity contribution in [1.82, 2.24) is 20.9 Å². The molecule has 14 nitrogen and oxygen atoms in total. The maximum Gasteiger partial charge on any atom is 0.326 e. The Bertz CT molecular complexity index is 1240. The number of H-pyrrole nitrogens is 1. The van der Waals surface area contributed by atoms with Crippen LogP contribution in [0.3, 0.4) is 0 Å². The molecule has 0 aliphatic carbocycles. The summed E-state index contributed by atoms with van der Waals surface area (Å²) in [6, 6.07) is 1.76. The molecule has 14 heteroatoms. The van der Waals surface area contributed by atoms with Crippen LogP contribution < -0.4 is 21.7 Å². The first-order chi connectivity index (χ1) is 18.8. The molecule has 0 spiro atoms. The first-order valence-electron chi connectivity index (χ1n) is 12.7. The zero-order valence-corrected chi connectivity index (χ0v) is 22.2. The Morgan fingerprint density at radius 2 is 1.45 bits per heavy atom. The van der Waals surface area contributed by atoms with Gasteiger partial charge in [-0.05, 0) is 30.4 Å². The van der Waals surface area contributed by atoms with Crippen molar-refractivity contribution in [3.8, 4) is 0 Å². The summed E-state index contributed by atoms with van der Waals surface area (Å²) in [6.45, 7) is 3.76. The molecule has 2 rings (SSSR count). The molecule has 9 N–H and O–H groups in total. The van der Waals surface area contributed by atoms with Crippen molar-refractivity contribution in [2.75, 3.05) is 0 Å². The van der Waals surface area contributed by atoms with E-state index in [4.69, 9.17) is 15.9 Å². The molecule has 1 aromatic heterocycles. The Morgan fingerprint density at radius 3 is 2.05 bits per heavy atom. The number of nitrogens with one attached hydrogen (secondary N) is 4. The summed E-state index contributed by atoms with van der Waals surface area (Å²) in [5.41, 5.74) is 7.46. The number of aromatic amines is 1. The summed E-state index contributed by atoms with van der Waals surface area (Å²) in [6.07, 6.45) is 0.0779. The molecule has 218 valence electrons. The fourth-order valence-electron chi connectivity index (χ4n) is 4.08. The zero-order valence-electron chi connectivity index (χ0n) is 22.2. The number of nitrogens with two attached hydrogens (primary N) is 1. The van der Waals surface area contributed by atoms with Gasteiger partial charge >= 0.3 is 17.9 Å². The van der Waals surface area contributed by atoms with E-state index in [0.29, 0.717) is 12.0 Å². The minimum absolute atomic E-state index is 0.0139. The quantitative estimate of drug-likeness (QED) is 0.136. The molecule has 1 heterocycles. The van der Waals surface area contributed by atoms with Crippen LogP contribution in [0.1, 0.15) is 45.1 Å². The molecule has 0 aliphatic rings. The lowest BCUT2D eigenvalue weighted by atomic mass is 10.0. The molecule has 40 heavy (non-hydrogen) atoms. The van der Waals surface area contributed by atoms with E-state index in [0.717, 1.165) is 10.9 Å². The van der Waals surface area contributed by atoms with Gasteiger partial charge in [-0.1, -0.05) is 32.0 Å². The lowest BCUT2D eigenvalue weighted by Gasteiger charge is -2.25. The molecule has 3 amide bonds. The molecule has 4 unspecified atom stereocenters. The number of carbonyl (C=O) groups is 6. The van der Waals surface area contributed by atoms with Gasteiger partial charge in [-0.15, -0.1) is 0 Å². The van der Waals surface area contributed by atoms with Crippen LogP contribution in [0.25, 0.3) is 10.9 Å². The van der Waals surface area contributed by atoms with E-state index in [1.54, 1.807) is 12.3 Å². The average Bonchev–Trinajstić information content (AvgIpc) is 3.27. The zero-order chi connectivity index (χ0) is 30.0. The molecule has 1 aromatic carbocycles. The van der Waals surface area contributed by atoms with Gasteiger partial charge in [0.15, 0.2) is 0 Å². The number of para-hydroxylation sites is 1. The van der Waals surface area contributed by atoms with Gasteiger partial charge < -0.3 is 42.0 Å². The lowest BCUT2D eigenvalue weighted by Crippen LogP contribution is -2.57. The van der Waals surface area contributed by atoms with Crippen LogP contribution in [-0.2, 0) is 35.2 Å². The fraction of sp³-hybridized carbons (Fsp3) is 0.462. The fourth-order valence-corrected chi connectivity index (χ4v) is 4.08. The van der Waals surface area contributed by atoms with E-state index >= 15 is 0 Å². The van der Waals surface area contributed by atoms with Crippen LogP contribution in [0.4, 0.5) is 0 Å². The highest BCUT2D eigenvalue weighted by Gasteiger charge is 2.32. The molecule has 4 atom stereocenters. The van der Waals surface area contributed by atoms with Gasteiger partial charge in [0, 0.05) is 29.9 Å². The first-order valence-corrected chi connectivity index (χ1v) is 12.7. The van der Waals surface area contributed by atoms with E-state index in [-0.39, 0.29) is 12.3 Å². The first kappa shape index (κ1) is 31.8. The Labute approximate surface area is 229 Å². The number of carboxylic acids is 3. The second-order valence-electron chi connectivity index (χ2n) is 9.85. The molecule has 2 aromatic rings. The molecule has 0 radical (unpaired) electrons.